The Morgan fingerprint density at radius 2 is 1.86 bits per heavy atom. The Kier molecular flexibility index (Phi) is 4.93. The number of carbonyl (C=O) groups excluding carboxylic acids is 1. The van der Waals surface area contributed by atoms with Crippen LogP contribution in [0.3, 0.4) is 0 Å². The third-order valence-electron chi connectivity index (χ3n) is 6.74. The zero-order valence-electron chi connectivity index (χ0n) is 17.4. The maximum absolute atomic E-state index is 12.4. The maximum Gasteiger partial charge on any atom is 0.234 e. The minimum Gasteiger partial charge on any atom is -0.497 e. The minimum absolute atomic E-state index is 0.0255. The summed E-state index contributed by atoms with van der Waals surface area (Å²) >= 11 is 1.30. The molecule has 1 aromatic carbocycles. The number of anilines is 1. The first-order valence-corrected chi connectivity index (χ1v) is 10.7. The number of hydrogen-bond acceptors (Lipinski definition) is 7. The van der Waals surface area contributed by atoms with Gasteiger partial charge in [-0.25, -0.2) is 4.98 Å². The van der Waals surface area contributed by atoms with Crippen molar-refractivity contribution >= 4 is 23.4 Å². The predicted octanol–water partition coefficient (Wildman–Crippen LogP) is 3.79. The van der Waals surface area contributed by atoms with Crippen LogP contribution in [0.4, 0.5) is 5.69 Å². The fourth-order valence-corrected chi connectivity index (χ4v) is 5.22. The number of thioether (sulfide) groups is 1. The molecule has 1 fully saturated rings. The Bertz CT molecular complexity index is 943. The molecule has 2 bridgehead atoms. The number of carbonyl (C=O) groups is 1. The van der Waals surface area contributed by atoms with Crippen LogP contribution in [0, 0.1) is 5.41 Å². The molecule has 8 heteroatoms. The zero-order valence-corrected chi connectivity index (χ0v) is 18.2. The molecule has 0 saturated heterocycles. The van der Waals surface area contributed by atoms with Gasteiger partial charge in [0.2, 0.25) is 11.1 Å². The molecule has 2 aromatic rings. The monoisotopic (exact) mass is 414 g/mol. The molecule has 0 radical (unpaired) electrons. The van der Waals surface area contributed by atoms with Gasteiger partial charge in [0.05, 0.1) is 31.4 Å². The highest BCUT2D eigenvalue weighted by molar-refractivity contribution is 7.99. The molecular weight excluding hydrogens is 388 g/mol. The Morgan fingerprint density at radius 3 is 2.52 bits per heavy atom. The number of amides is 1. The van der Waals surface area contributed by atoms with Gasteiger partial charge in [0, 0.05) is 35.2 Å². The number of methoxy groups -OCH3 is 2. The van der Waals surface area contributed by atoms with Crippen LogP contribution in [0.15, 0.2) is 23.4 Å². The summed E-state index contributed by atoms with van der Waals surface area (Å²) in [7, 11) is 3.14. The van der Waals surface area contributed by atoms with E-state index in [-0.39, 0.29) is 22.5 Å². The van der Waals surface area contributed by atoms with E-state index in [2.05, 4.69) is 36.3 Å². The molecule has 2 aliphatic carbocycles. The number of nitrogens with zero attached hydrogens (tertiary/aromatic N) is 3. The first-order chi connectivity index (χ1) is 13.8. The van der Waals surface area contributed by atoms with E-state index >= 15 is 0 Å². The molecule has 4 rings (SSSR count). The maximum atomic E-state index is 12.4. The second kappa shape index (κ2) is 7.16. The molecule has 7 nitrogen and oxygen atoms in total. The molecule has 2 unspecified atom stereocenters. The fourth-order valence-electron chi connectivity index (χ4n) is 4.63. The van der Waals surface area contributed by atoms with E-state index in [9.17, 15) is 4.79 Å². The smallest absolute Gasteiger partial charge is 0.234 e. The quantitative estimate of drug-likeness (QED) is 0.720. The van der Waals surface area contributed by atoms with Gasteiger partial charge in [0.25, 0.3) is 0 Å². The van der Waals surface area contributed by atoms with Crippen molar-refractivity contribution in [2.24, 2.45) is 5.41 Å². The minimum atomic E-state index is -0.150. The molecule has 1 amide bonds. The number of ether oxygens (including phenoxy) is 2. The van der Waals surface area contributed by atoms with Crippen LogP contribution < -0.4 is 14.8 Å². The highest BCUT2D eigenvalue weighted by atomic mass is 32.2. The van der Waals surface area contributed by atoms with Crippen LogP contribution in [0.2, 0.25) is 0 Å². The Hall–Kier alpha value is -2.35. The van der Waals surface area contributed by atoms with Crippen molar-refractivity contribution in [2.45, 2.75) is 50.1 Å². The number of nitrogens with one attached hydrogen (secondary N) is 1. The van der Waals surface area contributed by atoms with Crippen molar-refractivity contribution in [1.82, 2.24) is 15.2 Å². The van der Waals surface area contributed by atoms with Crippen LogP contribution in [0.1, 0.15) is 50.9 Å². The van der Waals surface area contributed by atoms with Gasteiger partial charge in [-0.15, -0.1) is 5.10 Å². The van der Waals surface area contributed by atoms with E-state index in [1.54, 1.807) is 32.4 Å². The summed E-state index contributed by atoms with van der Waals surface area (Å²) < 4.78 is 10.5. The molecule has 2 aliphatic rings. The normalized spacial score (nSPS) is 23.6. The van der Waals surface area contributed by atoms with Crippen LogP contribution in [-0.4, -0.2) is 41.1 Å². The summed E-state index contributed by atoms with van der Waals surface area (Å²) in [4.78, 5) is 17.2. The number of benzene rings is 1. The molecular formula is C21H26N4O3S. The number of aromatic nitrogens is 3. The molecule has 0 aliphatic heterocycles. The molecule has 1 heterocycles. The molecule has 0 spiro atoms. The highest BCUT2D eigenvalue weighted by Gasteiger charge is 2.61. The van der Waals surface area contributed by atoms with Gasteiger partial charge < -0.3 is 14.8 Å². The summed E-state index contributed by atoms with van der Waals surface area (Å²) in [5.74, 6) is 1.70. The molecule has 1 N–H and O–H groups in total. The molecule has 1 aromatic heterocycles. The largest absolute Gasteiger partial charge is 0.497 e. The molecule has 2 atom stereocenters. The number of rotatable bonds is 6. The third-order valence-corrected chi connectivity index (χ3v) is 7.58. The molecule has 29 heavy (non-hydrogen) atoms. The van der Waals surface area contributed by atoms with Crippen LogP contribution in [-0.2, 0) is 10.2 Å². The van der Waals surface area contributed by atoms with Crippen molar-refractivity contribution in [2.75, 3.05) is 25.3 Å². The highest BCUT2D eigenvalue weighted by Crippen LogP contribution is 2.66. The fraction of sp³-hybridized carbons (Fsp3) is 0.524. The number of fused-ring (bicyclic) bond motifs is 5. The molecule has 1 saturated carbocycles. The second-order valence-electron chi connectivity index (χ2n) is 8.41. The standard InChI is InChI=1S/C21H26N4O3S/c1-20(2)15-6-7-21(20,3)18-17(15)24-25-19(23-18)29-11-16(26)22-12-8-13(27-4)10-14(9-12)28-5/h8-10,15H,6-7,11H2,1-5H3,(H,22,26). The first kappa shape index (κ1) is 19.9. The van der Waals surface area contributed by atoms with E-state index in [1.165, 1.54) is 11.8 Å². The van der Waals surface area contributed by atoms with Crippen LogP contribution in [0.5, 0.6) is 11.5 Å². The van der Waals surface area contributed by atoms with Gasteiger partial charge in [-0.1, -0.05) is 32.5 Å². The SMILES string of the molecule is COc1cc(NC(=O)CSc2nnc3c(n2)C2(C)CCC3C2(C)C)cc(OC)c1. The van der Waals surface area contributed by atoms with Gasteiger partial charge in [0.1, 0.15) is 11.5 Å². The third kappa shape index (κ3) is 3.23. The summed E-state index contributed by atoms with van der Waals surface area (Å²) in [5, 5.41) is 12.2. The van der Waals surface area contributed by atoms with E-state index in [1.807, 2.05) is 0 Å². The first-order valence-electron chi connectivity index (χ1n) is 9.69. The topological polar surface area (TPSA) is 86.2 Å². The lowest BCUT2D eigenvalue weighted by Gasteiger charge is -2.33. The van der Waals surface area contributed by atoms with Crippen molar-refractivity contribution in [3.63, 3.8) is 0 Å². The van der Waals surface area contributed by atoms with E-state index in [0.29, 0.717) is 28.3 Å². The second-order valence-corrected chi connectivity index (χ2v) is 9.35. The van der Waals surface area contributed by atoms with E-state index in [4.69, 9.17) is 14.5 Å². The lowest BCUT2D eigenvalue weighted by atomic mass is 9.70. The van der Waals surface area contributed by atoms with Gasteiger partial charge in [-0.05, 0) is 18.3 Å². The van der Waals surface area contributed by atoms with Gasteiger partial charge in [-0.3, -0.25) is 4.79 Å². The zero-order chi connectivity index (χ0) is 20.8. The Labute approximate surface area is 175 Å². The van der Waals surface area contributed by atoms with Crippen molar-refractivity contribution in [3.05, 3.63) is 29.6 Å². The number of hydrogen-bond donors (Lipinski definition) is 1. The van der Waals surface area contributed by atoms with Gasteiger partial charge in [0.15, 0.2) is 0 Å². The van der Waals surface area contributed by atoms with Crippen molar-refractivity contribution in [3.8, 4) is 11.5 Å². The molecule has 154 valence electrons. The summed E-state index contributed by atoms with van der Waals surface area (Å²) in [5.41, 5.74) is 2.89. The summed E-state index contributed by atoms with van der Waals surface area (Å²) in [6.07, 6.45) is 2.27. The average molecular weight is 415 g/mol. The van der Waals surface area contributed by atoms with E-state index < -0.39 is 0 Å². The van der Waals surface area contributed by atoms with Crippen LogP contribution in [0.25, 0.3) is 0 Å². The summed E-state index contributed by atoms with van der Waals surface area (Å²) in [6, 6.07) is 5.25. The Balaban J connectivity index is 1.44. The summed E-state index contributed by atoms with van der Waals surface area (Å²) in [6.45, 7) is 6.89. The van der Waals surface area contributed by atoms with Crippen molar-refractivity contribution in [1.29, 1.82) is 0 Å². The lowest BCUT2D eigenvalue weighted by molar-refractivity contribution is -0.113. The lowest BCUT2D eigenvalue weighted by Crippen LogP contribution is -2.32. The van der Waals surface area contributed by atoms with Crippen LogP contribution >= 0.6 is 11.8 Å². The van der Waals surface area contributed by atoms with E-state index in [0.717, 1.165) is 24.2 Å². The average Bonchev–Trinajstić information content (AvgIpc) is 3.04. The van der Waals surface area contributed by atoms with Crippen molar-refractivity contribution < 1.29 is 14.3 Å². The van der Waals surface area contributed by atoms with Gasteiger partial charge >= 0.3 is 0 Å². The predicted molar refractivity (Wildman–Crippen MR) is 112 cm³/mol. The van der Waals surface area contributed by atoms with Gasteiger partial charge in [-0.2, -0.15) is 5.10 Å². The Morgan fingerprint density at radius 1 is 1.17 bits per heavy atom.